The van der Waals surface area contributed by atoms with Crippen LogP contribution in [0, 0.1) is 5.92 Å². The van der Waals surface area contributed by atoms with Crippen LogP contribution >= 0.6 is 0 Å². The monoisotopic (exact) mass is 226 g/mol. The van der Waals surface area contributed by atoms with Gasteiger partial charge in [-0.05, 0) is 51.7 Å². The highest BCUT2D eigenvalue weighted by Gasteiger charge is 2.35. The van der Waals surface area contributed by atoms with Gasteiger partial charge in [-0.1, -0.05) is 0 Å². The Morgan fingerprint density at radius 1 is 1.25 bits per heavy atom. The minimum atomic E-state index is -0.330. The third-order valence-corrected chi connectivity index (χ3v) is 4.06. The molecule has 2 fully saturated rings. The molecule has 0 unspecified atom stereocenters. The van der Waals surface area contributed by atoms with Crippen molar-refractivity contribution in [2.24, 2.45) is 5.92 Å². The third-order valence-electron chi connectivity index (χ3n) is 4.06. The molecule has 0 radical (unpaired) electrons. The molecule has 2 aliphatic rings. The van der Waals surface area contributed by atoms with E-state index in [0.29, 0.717) is 12.0 Å². The van der Waals surface area contributed by atoms with Crippen LogP contribution in [-0.4, -0.2) is 60.1 Å². The summed E-state index contributed by atoms with van der Waals surface area (Å²) in [6.45, 7) is 2.80. The molecule has 92 valence electrons. The van der Waals surface area contributed by atoms with Crippen LogP contribution < -0.4 is 0 Å². The van der Waals surface area contributed by atoms with Crippen molar-refractivity contribution in [2.75, 3.05) is 33.3 Å². The molecule has 1 N–H and O–H groups in total. The molecular weight excluding hydrogens is 204 g/mol. The molecule has 2 saturated heterocycles. The molecule has 2 aliphatic heterocycles. The summed E-state index contributed by atoms with van der Waals surface area (Å²) in [6.07, 6.45) is 4.61. The van der Waals surface area contributed by atoms with Crippen LogP contribution in [0.3, 0.4) is 0 Å². The lowest BCUT2D eigenvalue weighted by Crippen LogP contribution is -2.45. The SMILES string of the molecule is CN1CCC([C@@H]2CCCN2C(=O)CO)CC1. The molecule has 4 nitrogen and oxygen atoms in total. The Hall–Kier alpha value is -0.610. The molecule has 0 spiro atoms. The van der Waals surface area contributed by atoms with E-state index in [1.54, 1.807) is 0 Å². The summed E-state index contributed by atoms with van der Waals surface area (Å²) in [4.78, 5) is 15.9. The predicted molar refractivity (Wildman–Crippen MR) is 62.0 cm³/mol. The van der Waals surface area contributed by atoms with Crippen LogP contribution in [-0.2, 0) is 4.79 Å². The van der Waals surface area contributed by atoms with Gasteiger partial charge in [-0.25, -0.2) is 0 Å². The van der Waals surface area contributed by atoms with Crippen molar-refractivity contribution in [2.45, 2.75) is 31.7 Å². The zero-order chi connectivity index (χ0) is 11.5. The molecule has 16 heavy (non-hydrogen) atoms. The van der Waals surface area contributed by atoms with E-state index in [4.69, 9.17) is 5.11 Å². The number of nitrogens with zero attached hydrogens (tertiary/aromatic N) is 2. The normalized spacial score (nSPS) is 28.6. The van der Waals surface area contributed by atoms with E-state index in [9.17, 15) is 4.79 Å². The first-order chi connectivity index (χ1) is 7.72. The Morgan fingerprint density at radius 2 is 1.94 bits per heavy atom. The highest BCUT2D eigenvalue weighted by Crippen LogP contribution is 2.30. The van der Waals surface area contributed by atoms with Crippen LogP contribution in [0.15, 0.2) is 0 Å². The summed E-state index contributed by atoms with van der Waals surface area (Å²) in [5.41, 5.74) is 0. The van der Waals surface area contributed by atoms with Gasteiger partial charge in [0.15, 0.2) is 0 Å². The Morgan fingerprint density at radius 3 is 2.56 bits per heavy atom. The zero-order valence-corrected chi connectivity index (χ0v) is 10.1. The van der Waals surface area contributed by atoms with Crippen molar-refractivity contribution in [3.63, 3.8) is 0 Å². The first-order valence-corrected chi connectivity index (χ1v) is 6.31. The average molecular weight is 226 g/mol. The van der Waals surface area contributed by atoms with E-state index >= 15 is 0 Å². The Kier molecular flexibility index (Phi) is 3.82. The molecule has 0 aromatic rings. The number of piperidine rings is 1. The third kappa shape index (κ3) is 2.38. The van der Waals surface area contributed by atoms with Crippen LogP contribution in [0.5, 0.6) is 0 Å². The second-order valence-corrected chi connectivity index (χ2v) is 5.10. The highest BCUT2D eigenvalue weighted by atomic mass is 16.3. The summed E-state index contributed by atoms with van der Waals surface area (Å²) in [5, 5.41) is 8.95. The second kappa shape index (κ2) is 5.15. The molecule has 1 atom stereocenters. The molecule has 0 aromatic carbocycles. The fraction of sp³-hybridized carbons (Fsp3) is 0.917. The maximum absolute atomic E-state index is 11.6. The van der Waals surface area contributed by atoms with Gasteiger partial charge in [-0.3, -0.25) is 4.79 Å². The zero-order valence-electron chi connectivity index (χ0n) is 10.1. The summed E-state index contributed by atoms with van der Waals surface area (Å²) < 4.78 is 0. The topological polar surface area (TPSA) is 43.8 Å². The van der Waals surface area contributed by atoms with Crippen molar-refractivity contribution in [3.8, 4) is 0 Å². The van der Waals surface area contributed by atoms with E-state index in [0.717, 1.165) is 32.5 Å². The first kappa shape index (κ1) is 11.9. The van der Waals surface area contributed by atoms with Crippen LogP contribution in [0.25, 0.3) is 0 Å². The largest absolute Gasteiger partial charge is 0.387 e. The van der Waals surface area contributed by atoms with Gasteiger partial charge in [-0.2, -0.15) is 0 Å². The van der Waals surface area contributed by atoms with Crippen molar-refractivity contribution >= 4 is 5.91 Å². The molecule has 0 aliphatic carbocycles. The minimum absolute atomic E-state index is 0.0820. The number of rotatable bonds is 2. The summed E-state index contributed by atoms with van der Waals surface area (Å²) in [5.74, 6) is 0.565. The maximum Gasteiger partial charge on any atom is 0.248 e. The number of likely N-dealkylation sites (tertiary alicyclic amines) is 2. The number of carbonyl (C=O) groups is 1. The number of hydrogen-bond acceptors (Lipinski definition) is 3. The molecule has 2 heterocycles. The number of hydrogen-bond donors (Lipinski definition) is 1. The lowest BCUT2D eigenvalue weighted by molar-refractivity contribution is -0.136. The summed E-state index contributed by atoms with van der Waals surface area (Å²) in [7, 11) is 2.15. The van der Waals surface area contributed by atoms with E-state index in [-0.39, 0.29) is 12.5 Å². The van der Waals surface area contributed by atoms with Crippen LogP contribution in [0.2, 0.25) is 0 Å². The van der Waals surface area contributed by atoms with Gasteiger partial charge < -0.3 is 14.9 Å². The standard InChI is InChI=1S/C12H22N2O2/c1-13-7-4-10(5-8-13)11-3-2-6-14(11)12(16)9-15/h10-11,15H,2-9H2,1H3/t11-/m0/s1. The van der Waals surface area contributed by atoms with Gasteiger partial charge in [0.1, 0.15) is 6.61 Å². The van der Waals surface area contributed by atoms with E-state index in [1.807, 2.05) is 4.90 Å². The van der Waals surface area contributed by atoms with Crippen molar-refractivity contribution < 1.29 is 9.90 Å². The lowest BCUT2D eigenvalue weighted by Gasteiger charge is -2.36. The molecule has 0 bridgehead atoms. The fourth-order valence-corrected chi connectivity index (χ4v) is 3.10. The Labute approximate surface area is 97.2 Å². The maximum atomic E-state index is 11.6. The number of amides is 1. The van der Waals surface area contributed by atoms with Gasteiger partial charge in [0.05, 0.1) is 0 Å². The second-order valence-electron chi connectivity index (χ2n) is 5.10. The number of carbonyl (C=O) groups excluding carboxylic acids is 1. The van der Waals surface area contributed by atoms with Gasteiger partial charge in [0.2, 0.25) is 5.91 Å². The fourth-order valence-electron chi connectivity index (χ4n) is 3.10. The Balaban J connectivity index is 1.94. The van der Waals surface area contributed by atoms with Crippen molar-refractivity contribution in [1.29, 1.82) is 0 Å². The molecule has 2 rings (SSSR count). The summed E-state index contributed by atoms with van der Waals surface area (Å²) >= 11 is 0. The van der Waals surface area contributed by atoms with E-state index < -0.39 is 0 Å². The quantitative estimate of drug-likeness (QED) is 0.737. The van der Waals surface area contributed by atoms with Crippen LogP contribution in [0.1, 0.15) is 25.7 Å². The van der Waals surface area contributed by atoms with Crippen molar-refractivity contribution in [1.82, 2.24) is 9.80 Å². The lowest BCUT2D eigenvalue weighted by atomic mass is 9.88. The minimum Gasteiger partial charge on any atom is -0.387 e. The van der Waals surface area contributed by atoms with Crippen LogP contribution in [0.4, 0.5) is 0 Å². The van der Waals surface area contributed by atoms with Gasteiger partial charge in [-0.15, -0.1) is 0 Å². The summed E-state index contributed by atoms with van der Waals surface area (Å²) in [6, 6.07) is 0.397. The molecule has 0 aromatic heterocycles. The smallest absolute Gasteiger partial charge is 0.248 e. The predicted octanol–water partition coefficient (Wildman–Crippen LogP) is 0.311. The molecular formula is C12H22N2O2. The molecule has 1 amide bonds. The molecule has 4 heteroatoms. The molecule has 0 saturated carbocycles. The van der Waals surface area contributed by atoms with E-state index in [1.165, 1.54) is 12.8 Å². The Bertz CT molecular complexity index is 249. The number of aliphatic hydroxyl groups excluding tert-OH is 1. The highest BCUT2D eigenvalue weighted by molar-refractivity contribution is 5.77. The van der Waals surface area contributed by atoms with Gasteiger partial charge >= 0.3 is 0 Å². The van der Waals surface area contributed by atoms with E-state index in [2.05, 4.69) is 11.9 Å². The first-order valence-electron chi connectivity index (χ1n) is 6.31. The average Bonchev–Trinajstić information content (AvgIpc) is 2.78. The van der Waals surface area contributed by atoms with Crippen molar-refractivity contribution in [3.05, 3.63) is 0 Å². The van der Waals surface area contributed by atoms with Gasteiger partial charge in [0.25, 0.3) is 0 Å². The van der Waals surface area contributed by atoms with Gasteiger partial charge in [0, 0.05) is 12.6 Å². The number of aliphatic hydroxyl groups is 1.